The molecule has 1 saturated carbocycles. The van der Waals surface area contributed by atoms with E-state index in [-0.39, 0.29) is 0 Å². The van der Waals surface area contributed by atoms with E-state index >= 15 is 0 Å². The van der Waals surface area contributed by atoms with Crippen molar-refractivity contribution in [1.82, 2.24) is 10.6 Å². The molecule has 0 atom stereocenters. The molecule has 0 aromatic carbocycles. The molecule has 0 amide bonds. The van der Waals surface area contributed by atoms with Gasteiger partial charge >= 0.3 is 0 Å². The second kappa shape index (κ2) is 7.14. The number of guanidine groups is 1. The van der Waals surface area contributed by atoms with Crippen LogP contribution in [0.4, 0.5) is 0 Å². The van der Waals surface area contributed by atoms with Crippen LogP contribution in [0.2, 0.25) is 0 Å². The number of aliphatic imine (C=N–C) groups is 1. The summed E-state index contributed by atoms with van der Waals surface area (Å²) >= 11 is 5.28. The van der Waals surface area contributed by atoms with Crippen LogP contribution >= 0.6 is 27.3 Å². The van der Waals surface area contributed by atoms with Crippen molar-refractivity contribution >= 4 is 33.2 Å². The van der Waals surface area contributed by atoms with Gasteiger partial charge in [0.2, 0.25) is 0 Å². The minimum atomic E-state index is 0.618. The van der Waals surface area contributed by atoms with Gasteiger partial charge in [-0.15, -0.1) is 11.3 Å². The van der Waals surface area contributed by atoms with E-state index in [9.17, 15) is 0 Å². The van der Waals surface area contributed by atoms with Crippen molar-refractivity contribution in [2.24, 2.45) is 4.99 Å². The van der Waals surface area contributed by atoms with E-state index in [2.05, 4.69) is 43.7 Å². The van der Waals surface area contributed by atoms with Gasteiger partial charge in [0, 0.05) is 24.5 Å². The molecule has 0 aliphatic heterocycles. The molecule has 1 heterocycles. The molecule has 1 aromatic heterocycles. The zero-order valence-corrected chi connectivity index (χ0v) is 13.1. The minimum absolute atomic E-state index is 0.618. The van der Waals surface area contributed by atoms with Gasteiger partial charge in [0.15, 0.2) is 5.96 Å². The fourth-order valence-corrected chi connectivity index (χ4v) is 3.73. The van der Waals surface area contributed by atoms with Gasteiger partial charge < -0.3 is 10.6 Å². The summed E-state index contributed by atoms with van der Waals surface area (Å²) in [5, 5.41) is 6.87. The normalized spacial score (nSPS) is 17.1. The van der Waals surface area contributed by atoms with Crippen molar-refractivity contribution < 1.29 is 0 Å². The molecular formula is C13H20BrN3S. The molecular weight excluding hydrogens is 310 g/mol. The van der Waals surface area contributed by atoms with Gasteiger partial charge in [-0.2, -0.15) is 0 Å². The first-order valence-electron chi connectivity index (χ1n) is 6.49. The molecule has 3 nitrogen and oxygen atoms in total. The topological polar surface area (TPSA) is 36.4 Å². The van der Waals surface area contributed by atoms with E-state index in [1.54, 1.807) is 11.3 Å². The fourth-order valence-electron chi connectivity index (χ4n) is 2.25. The Labute approximate surface area is 121 Å². The number of nitrogens with zero attached hydrogens (tertiary/aromatic N) is 1. The van der Waals surface area contributed by atoms with Crippen LogP contribution in [-0.4, -0.2) is 25.6 Å². The number of hydrogen-bond acceptors (Lipinski definition) is 2. The highest BCUT2D eigenvalue weighted by Gasteiger charge is 2.15. The molecule has 1 aromatic rings. The number of halogens is 1. The zero-order valence-electron chi connectivity index (χ0n) is 10.7. The van der Waals surface area contributed by atoms with Gasteiger partial charge in [0.05, 0.1) is 3.79 Å². The largest absolute Gasteiger partial charge is 0.356 e. The number of hydrogen-bond donors (Lipinski definition) is 2. The monoisotopic (exact) mass is 329 g/mol. The first kappa shape index (κ1) is 13.9. The standard InChI is InChI=1S/C13H20BrN3S/c1-15-13(17-10-4-2-3-5-10)16-9-8-11-6-7-12(14)18-11/h6-7,10H,2-5,8-9H2,1H3,(H2,15,16,17). The van der Waals surface area contributed by atoms with Crippen molar-refractivity contribution in [2.45, 2.75) is 38.1 Å². The SMILES string of the molecule is CN=C(NCCc1ccc(Br)s1)NC1CCCC1. The third-order valence-corrected chi connectivity index (χ3v) is 4.90. The lowest BCUT2D eigenvalue weighted by atomic mass is 10.2. The molecule has 1 fully saturated rings. The third-order valence-electron chi connectivity index (χ3n) is 3.21. The van der Waals surface area contributed by atoms with E-state index in [0.29, 0.717) is 6.04 Å². The Morgan fingerprint density at radius 1 is 1.44 bits per heavy atom. The average molecular weight is 330 g/mol. The van der Waals surface area contributed by atoms with Crippen LogP contribution < -0.4 is 10.6 Å². The highest BCUT2D eigenvalue weighted by molar-refractivity contribution is 9.11. The van der Waals surface area contributed by atoms with Crippen molar-refractivity contribution in [1.29, 1.82) is 0 Å². The molecule has 1 aliphatic rings. The molecule has 0 spiro atoms. The van der Waals surface area contributed by atoms with Crippen LogP contribution in [0.5, 0.6) is 0 Å². The summed E-state index contributed by atoms with van der Waals surface area (Å²) in [6, 6.07) is 4.89. The van der Waals surface area contributed by atoms with E-state index < -0.39 is 0 Å². The number of thiophene rings is 1. The van der Waals surface area contributed by atoms with Gasteiger partial charge in [-0.05, 0) is 47.3 Å². The maximum Gasteiger partial charge on any atom is 0.191 e. The zero-order chi connectivity index (χ0) is 12.8. The Kier molecular flexibility index (Phi) is 5.50. The molecule has 2 rings (SSSR count). The highest BCUT2D eigenvalue weighted by atomic mass is 79.9. The Balaban J connectivity index is 1.70. The smallest absolute Gasteiger partial charge is 0.191 e. The van der Waals surface area contributed by atoms with Crippen LogP contribution in [0.25, 0.3) is 0 Å². The molecule has 18 heavy (non-hydrogen) atoms. The minimum Gasteiger partial charge on any atom is -0.356 e. The molecule has 2 N–H and O–H groups in total. The summed E-state index contributed by atoms with van der Waals surface area (Å²) in [5.74, 6) is 0.942. The lowest BCUT2D eigenvalue weighted by Gasteiger charge is -2.16. The summed E-state index contributed by atoms with van der Waals surface area (Å²) in [5.41, 5.74) is 0. The predicted molar refractivity (Wildman–Crippen MR) is 82.5 cm³/mol. The summed E-state index contributed by atoms with van der Waals surface area (Å²) in [7, 11) is 1.84. The Bertz CT molecular complexity index is 397. The third kappa shape index (κ3) is 4.28. The number of rotatable bonds is 4. The molecule has 100 valence electrons. The van der Waals surface area contributed by atoms with Gasteiger partial charge in [-0.25, -0.2) is 0 Å². The molecule has 1 aliphatic carbocycles. The van der Waals surface area contributed by atoms with E-state index in [1.807, 2.05) is 7.05 Å². The summed E-state index contributed by atoms with van der Waals surface area (Å²) < 4.78 is 1.20. The van der Waals surface area contributed by atoms with Crippen molar-refractivity contribution in [3.63, 3.8) is 0 Å². The van der Waals surface area contributed by atoms with Crippen LogP contribution in [-0.2, 0) is 6.42 Å². The van der Waals surface area contributed by atoms with Gasteiger partial charge in [0.25, 0.3) is 0 Å². The van der Waals surface area contributed by atoms with E-state index in [0.717, 1.165) is 18.9 Å². The van der Waals surface area contributed by atoms with E-state index in [1.165, 1.54) is 34.3 Å². The molecule has 0 unspecified atom stereocenters. The Morgan fingerprint density at radius 2 is 2.22 bits per heavy atom. The fraction of sp³-hybridized carbons (Fsp3) is 0.615. The summed E-state index contributed by atoms with van der Waals surface area (Å²) in [4.78, 5) is 5.67. The van der Waals surface area contributed by atoms with Gasteiger partial charge in [0.1, 0.15) is 0 Å². The molecule has 0 radical (unpaired) electrons. The maximum atomic E-state index is 4.28. The predicted octanol–water partition coefficient (Wildman–Crippen LogP) is 3.16. The quantitative estimate of drug-likeness (QED) is 0.657. The number of nitrogens with one attached hydrogen (secondary N) is 2. The second-order valence-corrected chi connectivity index (χ2v) is 7.13. The summed E-state index contributed by atoms with van der Waals surface area (Å²) in [6.07, 6.45) is 6.29. The van der Waals surface area contributed by atoms with Crippen molar-refractivity contribution in [3.05, 3.63) is 20.8 Å². The lowest BCUT2D eigenvalue weighted by molar-refractivity contribution is 0.614. The molecule has 0 saturated heterocycles. The average Bonchev–Trinajstić information content (AvgIpc) is 3.00. The van der Waals surface area contributed by atoms with Crippen molar-refractivity contribution in [3.8, 4) is 0 Å². The first-order valence-corrected chi connectivity index (χ1v) is 8.10. The van der Waals surface area contributed by atoms with Crippen molar-refractivity contribution in [2.75, 3.05) is 13.6 Å². The maximum absolute atomic E-state index is 4.28. The highest BCUT2D eigenvalue weighted by Crippen LogP contribution is 2.22. The molecule has 5 heteroatoms. The van der Waals surface area contributed by atoms with Gasteiger partial charge in [-0.3, -0.25) is 4.99 Å². The summed E-state index contributed by atoms with van der Waals surface area (Å²) in [6.45, 7) is 0.930. The first-order chi connectivity index (χ1) is 8.78. The van der Waals surface area contributed by atoms with Gasteiger partial charge in [-0.1, -0.05) is 12.8 Å². The van der Waals surface area contributed by atoms with E-state index in [4.69, 9.17) is 0 Å². The second-order valence-electron chi connectivity index (χ2n) is 4.58. The lowest BCUT2D eigenvalue weighted by Crippen LogP contribution is -2.42. The van der Waals surface area contributed by atoms with Crippen LogP contribution in [0.15, 0.2) is 20.9 Å². The van der Waals surface area contributed by atoms with Crippen LogP contribution in [0.1, 0.15) is 30.6 Å². The Hall–Kier alpha value is -0.550. The molecule has 0 bridgehead atoms. The van der Waals surface area contributed by atoms with Crippen LogP contribution in [0, 0.1) is 0 Å². The Morgan fingerprint density at radius 3 is 2.83 bits per heavy atom. The van der Waals surface area contributed by atoms with Crippen LogP contribution in [0.3, 0.4) is 0 Å².